The molecule has 0 spiro atoms. The SMILES string of the molecule is NCCc1cc(F)ccc1Nc1cccc(Cl)c1. The monoisotopic (exact) mass is 264 g/mol. The smallest absolute Gasteiger partial charge is 0.123 e. The molecule has 3 N–H and O–H groups in total. The molecule has 2 aromatic rings. The fourth-order valence-corrected chi connectivity index (χ4v) is 1.96. The summed E-state index contributed by atoms with van der Waals surface area (Å²) in [5, 5.41) is 3.87. The van der Waals surface area contributed by atoms with Crippen LogP contribution in [-0.4, -0.2) is 6.54 Å². The summed E-state index contributed by atoms with van der Waals surface area (Å²) < 4.78 is 13.2. The highest BCUT2D eigenvalue weighted by Crippen LogP contribution is 2.24. The molecule has 0 aliphatic carbocycles. The zero-order chi connectivity index (χ0) is 13.0. The Labute approximate surface area is 111 Å². The van der Waals surface area contributed by atoms with Crippen molar-refractivity contribution in [1.29, 1.82) is 0 Å². The largest absolute Gasteiger partial charge is 0.355 e. The van der Waals surface area contributed by atoms with E-state index >= 15 is 0 Å². The first kappa shape index (κ1) is 12.9. The van der Waals surface area contributed by atoms with Crippen LogP contribution >= 0.6 is 11.6 Å². The molecule has 2 nitrogen and oxygen atoms in total. The van der Waals surface area contributed by atoms with E-state index in [1.54, 1.807) is 12.1 Å². The van der Waals surface area contributed by atoms with E-state index in [0.29, 0.717) is 18.0 Å². The van der Waals surface area contributed by atoms with E-state index in [-0.39, 0.29) is 5.82 Å². The lowest BCUT2D eigenvalue weighted by Crippen LogP contribution is -2.05. The highest BCUT2D eigenvalue weighted by atomic mass is 35.5. The van der Waals surface area contributed by atoms with Crippen LogP contribution in [0.15, 0.2) is 42.5 Å². The van der Waals surface area contributed by atoms with E-state index in [4.69, 9.17) is 17.3 Å². The van der Waals surface area contributed by atoms with E-state index < -0.39 is 0 Å². The van der Waals surface area contributed by atoms with Crippen LogP contribution in [0.25, 0.3) is 0 Å². The molecule has 0 atom stereocenters. The van der Waals surface area contributed by atoms with Crippen LogP contribution in [0.1, 0.15) is 5.56 Å². The Hall–Kier alpha value is -1.58. The van der Waals surface area contributed by atoms with Gasteiger partial charge in [-0.05, 0) is 54.9 Å². The maximum absolute atomic E-state index is 13.2. The maximum Gasteiger partial charge on any atom is 0.123 e. The molecule has 0 saturated carbocycles. The van der Waals surface area contributed by atoms with Gasteiger partial charge in [-0.3, -0.25) is 0 Å². The third-order valence-corrected chi connectivity index (χ3v) is 2.82. The van der Waals surface area contributed by atoms with Crippen LogP contribution in [0.3, 0.4) is 0 Å². The van der Waals surface area contributed by atoms with Crippen LogP contribution in [0.5, 0.6) is 0 Å². The van der Waals surface area contributed by atoms with Gasteiger partial charge in [0, 0.05) is 16.4 Å². The first-order valence-electron chi connectivity index (χ1n) is 5.70. The Kier molecular flexibility index (Phi) is 4.18. The number of hydrogen-bond donors (Lipinski definition) is 2. The minimum Gasteiger partial charge on any atom is -0.355 e. The zero-order valence-electron chi connectivity index (χ0n) is 9.79. The summed E-state index contributed by atoms with van der Waals surface area (Å²) in [5.74, 6) is -0.255. The van der Waals surface area contributed by atoms with Crippen molar-refractivity contribution in [2.45, 2.75) is 6.42 Å². The summed E-state index contributed by atoms with van der Waals surface area (Å²) in [5.41, 5.74) is 8.10. The van der Waals surface area contributed by atoms with Crippen molar-refractivity contribution >= 4 is 23.0 Å². The van der Waals surface area contributed by atoms with Gasteiger partial charge in [0.05, 0.1) is 0 Å². The molecule has 94 valence electrons. The summed E-state index contributed by atoms with van der Waals surface area (Å²) >= 11 is 5.92. The number of nitrogens with one attached hydrogen (secondary N) is 1. The standard InChI is InChI=1S/C14H14ClFN2/c15-11-2-1-3-13(9-11)18-14-5-4-12(16)8-10(14)6-7-17/h1-5,8-9,18H,6-7,17H2. The summed E-state index contributed by atoms with van der Waals surface area (Å²) in [6, 6.07) is 12.0. The molecule has 0 bridgehead atoms. The van der Waals surface area contributed by atoms with Gasteiger partial charge in [0.2, 0.25) is 0 Å². The predicted octanol–water partition coefficient (Wildman–Crippen LogP) is 3.72. The third-order valence-electron chi connectivity index (χ3n) is 2.58. The van der Waals surface area contributed by atoms with Gasteiger partial charge in [-0.2, -0.15) is 0 Å². The van der Waals surface area contributed by atoms with Gasteiger partial charge in [-0.1, -0.05) is 17.7 Å². The van der Waals surface area contributed by atoms with E-state index in [1.165, 1.54) is 12.1 Å². The lowest BCUT2D eigenvalue weighted by atomic mass is 10.1. The van der Waals surface area contributed by atoms with Gasteiger partial charge < -0.3 is 11.1 Å². The highest BCUT2D eigenvalue weighted by molar-refractivity contribution is 6.30. The Bertz CT molecular complexity index is 543. The van der Waals surface area contributed by atoms with E-state index in [0.717, 1.165) is 16.9 Å². The highest BCUT2D eigenvalue weighted by Gasteiger charge is 2.04. The Morgan fingerprint density at radius 1 is 1.17 bits per heavy atom. The van der Waals surface area contributed by atoms with Crippen LogP contribution in [0.2, 0.25) is 5.02 Å². The third kappa shape index (κ3) is 3.22. The minimum absolute atomic E-state index is 0.255. The first-order valence-corrected chi connectivity index (χ1v) is 6.08. The van der Waals surface area contributed by atoms with Gasteiger partial charge in [0.15, 0.2) is 0 Å². The molecule has 0 fully saturated rings. The molecule has 18 heavy (non-hydrogen) atoms. The van der Waals surface area contributed by atoms with Crippen molar-refractivity contribution in [2.75, 3.05) is 11.9 Å². The van der Waals surface area contributed by atoms with Crippen molar-refractivity contribution in [2.24, 2.45) is 5.73 Å². The fraction of sp³-hybridized carbons (Fsp3) is 0.143. The molecule has 2 rings (SSSR count). The van der Waals surface area contributed by atoms with Crippen molar-refractivity contribution in [3.63, 3.8) is 0 Å². The van der Waals surface area contributed by atoms with Crippen molar-refractivity contribution in [3.8, 4) is 0 Å². The Balaban J connectivity index is 2.28. The number of anilines is 2. The van der Waals surface area contributed by atoms with Gasteiger partial charge in [0.1, 0.15) is 5.82 Å². The first-order chi connectivity index (χ1) is 8.69. The molecule has 0 aliphatic rings. The molecule has 2 aromatic carbocycles. The Morgan fingerprint density at radius 3 is 2.72 bits per heavy atom. The molecule has 4 heteroatoms. The van der Waals surface area contributed by atoms with E-state index in [1.807, 2.05) is 18.2 Å². The van der Waals surface area contributed by atoms with Crippen LogP contribution < -0.4 is 11.1 Å². The lowest BCUT2D eigenvalue weighted by Gasteiger charge is -2.12. The molecule has 0 radical (unpaired) electrons. The number of rotatable bonds is 4. The molecule has 0 amide bonds. The quantitative estimate of drug-likeness (QED) is 0.883. The van der Waals surface area contributed by atoms with E-state index in [9.17, 15) is 4.39 Å². The molecule has 0 saturated heterocycles. The van der Waals surface area contributed by atoms with E-state index in [2.05, 4.69) is 5.32 Å². The summed E-state index contributed by atoms with van der Waals surface area (Å²) in [4.78, 5) is 0. The lowest BCUT2D eigenvalue weighted by molar-refractivity contribution is 0.625. The zero-order valence-corrected chi connectivity index (χ0v) is 10.5. The minimum atomic E-state index is -0.255. The topological polar surface area (TPSA) is 38.0 Å². The molecular weight excluding hydrogens is 251 g/mol. The second-order valence-electron chi connectivity index (χ2n) is 3.98. The van der Waals surface area contributed by atoms with Crippen LogP contribution in [0, 0.1) is 5.82 Å². The normalized spacial score (nSPS) is 10.4. The van der Waals surface area contributed by atoms with Crippen molar-refractivity contribution < 1.29 is 4.39 Å². The predicted molar refractivity (Wildman–Crippen MR) is 73.9 cm³/mol. The summed E-state index contributed by atoms with van der Waals surface area (Å²) in [7, 11) is 0. The number of hydrogen-bond acceptors (Lipinski definition) is 2. The van der Waals surface area contributed by atoms with Gasteiger partial charge in [-0.25, -0.2) is 4.39 Å². The average molecular weight is 265 g/mol. The van der Waals surface area contributed by atoms with Gasteiger partial charge in [-0.15, -0.1) is 0 Å². The molecule has 0 unspecified atom stereocenters. The number of nitrogens with two attached hydrogens (primary N) is 1. The second kappa shape index (κ2) is 5.85. The average Bonchev–Trinajstić information content (AvgIpc) is 2.33. The number of benzene rings is 2. The van der Waals surface area contributed by atoms with Crippen LogP contribution in [-0.2, 0) is 6.42 Å². The van der Waals surface area contributed by atoms with Crippen molar-refractivity contribution in [1.82, 2.24) is 0 Å². The molecular formula is C14H14ClFN2. The fourth-order valence-electron chi connectivity index (χ4n) is 1.77. The van der Waals surface area contributed by atoms with Crippen LogP contribution in [0.4, 0.5) is 15.8 Å². The van der Waals surface area contributed by atoms with Crippen molar-refractivity contribution in [3.05, 3.63) is 58.9 Å². The number of halogens is 2. The maximum atomic E-state index is 13.2. The second-order valence-corrected chi connectivity index (χ2v) is 4.41. The van der Waals surface area contributed by atoms with Gasteiger partial charge >= 0.3 is 0 Å². The molecule has 0 aromatic heterocycles. The molecule has 0 aliphatic heterocycles. The molecule has 0 heterocycles. The Morgan fingerprint density at radius 2 is 2.00 bits per heavy atom. The van der Waals surface area contributed by atoms with Gasteiger partial charge in [0.25, 0.3) is 0 Å². The summed E-state index contributed by atoms with van der Waals surface area (Å²) in [6.45, 7) is 0.480. The summed E-state index contributed by atoms with van der Waals surface area (Å²) in [6.07, 6.45) is 0.626.